The van der Waals surface area contributed by atoms with Gasteiger partial charge in [-0.2, -0.15) is 0 Å². The Kier molecular flexibility index (Phi) is 7.98. The number of ether oxygens (including phenoxy) is 1. The van der Waals surface area contributed by atoms with Crippen molar-refractivity contribution in [2.24, 2.45) is 0 Å². The van der Waals surface area contributed by atoms with Crippen LogP contribution in [0, 0.1) is 0 Å². The number of piperazine rings is 1. The summed E-state index contributed by atoms with van der Waals surface area (Å²) < 4.78 is 10.9. The summed E-state index contributed by atoms with van der Waals surface area (Å²) in [7, 11) is 0. The number of halogens is 1. The Morgan fingerprint density at radius 1 is 1.06 bits per heavy atom. The zero-order valence-corrected chi connectivity index (χ0v) is 19.1. The lowest BCUT2D eigenvalue weighted by Gasteiger charge is -2.33. The first-order valence-electron chi connectivity index (χ1n) is 10.7. The van der Waals surface area contributed by atoms with Crippen molar-refractivity contribution in [1.29, 1.82) is 0 Å². The molecule has 7 nitrogen and oxygen atoms in total. The van der Waals surface area contributed by atoms with Crippen LogP contribution in [0.4, 0.5) is 4.79 Å². The Morgan fingerprint density at radius 3 is 2.39 bits per heavy atom. The van der Waals surface area contributed by atoms with Crippen molar-refractivity contribution in [2.75, 3.05) is 32.8 Å². The van der Waals surface area contributed by atoms with Crippen molar-refractivity contribution in [2.45, 2.75) is 39.9 Å². The van der Waals surface area contributed by atoms with Crippen molar-refractivity contribution in [3.63, 3.8) is 0 Å². The quantitative estimate of drug-likeness (QED) is 0.634. The number of nitrogens with zero attached hydrogens (tertiary/aromatic N) is 3. The van der Waals surface area contributed by atoms with Gasteiger partial charge in [-0.3, -0.25) is 9.69 Å². The lowest BCUT2D eigenvalue weighted by Crippen LogP contribution is -2.50. The SMILES string of the molecule is CCOC(=O)N1CCN(C(=O)c2ccc(CN(Cc3ccccc3Cl)C(C)C)o2)CC1. The van der Waals surface area contributed by atoms with Crippen LogP contribution in [0.1, 0.15) is 42.6 Å². The van der Waals surface area contributed by atoms with E-state index in [9.17, 15) is 9.59 Å². The molecule has 1 aliphatic rings. The highest BCUT2D eigenvalue weighted by molar-refractivity contribution is 6.31. The van der Waals surface area contributed by atoms with E-state index in [1.54, 1.807) is 22.8 Å². The molecule has 1 saturated heterocycles. The van der Waals surface area contributed by atoms with Crippen molar-refractivity contribution in [1.82, 2.24) is 14.7 Å². The number of hydrogen-bond acceptors (Lipinski definition) is 5. The van der Waals surface area contributed by atoms with E-state index in [2.05, 4.69) is 18.7 Å². The first-order valence-corrected chi connectivity index (χ1v) is 11.0. The zero-order valence-electron chi connectivity index (χ0n) is 18.3. The van der Waals surface area contributed by atoms with Crippen LogP contribution in [0.5, 0.6) is 0 Å². The van der Waals surface area contributed by atoms with Crippen molar-refractivity contribution in [3.8, 4) is 0 Å². The molecular formula is C23H30ClN3O4. The third-order valence-electron chi connectivity index (χ3n) is 5.39. The van der Waals surface area contributed by atoms with Gasteiger partial charge in [0.2, 0.25) is 0 Å². The van der Waals surface area contributed by atoms with Crippen molar-refractivity contribution < 1.29 is 18.7 Å². The monoisotopic (exact) mass is 447 g/mol. The average Bonchev–Trinajstić information content (AvgIpc) is 3.23. The maximum atomic E-state index is 12.8. The Labute approximate surface area is 188 Å². The van der Waals surface area contributed by atoms with Gasteiger partial charge in [0.25, 0.3) is 5.91 Å². The maximum Gasteiger partial charge on any atom is 0.409 e. The average molecular weight is 448 g/mol. The smallest absolute Gasteiger partial charge is 0.409 e. The van der Waals surface area contributed by atoms with Crippen LogP contribution in [0.15, 0.2) is 40.8 Å². The highest BCUT2D eigenvalue weighted by Gasteiger charge is 2.27. The van der Waals surface area contributed by atoms with Gasteiger partial charge in [0.1, 0.15) is 5.76 Å². The van der Waals surface area contributed by atoms with E-state index in [1.807, 2.05) is 30.3 Å². The van der Waals surface area contributed by atoms with Crippen LogP contribution in [0.3, 0.4) is 0 Å². The summed E-state index contributed by atoms with van der Waals surface area (Å²) in [5.41, 5.74) is 1.06. The number of rotatable bonds is 7. The third-order valence-corrected chi connectivity index (χ3v) is 5.75. The molecule has 2 heterocycles. The van der Waals surface area contributed by atoms with Gasteiger partial charge in [0.15, 0.2) is 5.76 Å². The van der Waals surface area contributed by atoms with Gasteiger partial charge >= 0.3 is 6.09 Å². The van der Waals surface area contributed by atoms with Gasteiger partial charge in [-0.1, -0.05) is 29.8 Å². The molecule has 0 radical (unpaired) electrons. The Morgan fingerprint density at radius 2 is 1.74 bits per heavy atom. The van der Waals surface area contributed by atoms with Crippen LogP contribution < -0.4 is 0 Å². The zero-order chi connectivity index (χ0) is 22.4. The van der Waals surface area contributed by atoms with Crippen LogP contribution in [0.25, 0.3) is 0 Å². The lowest BCUT2D eigenvalue weighted by molar-refractivity contribution is 0.0543. The normalized spacial score (nSPS) is 14.4. The predicted molar refractivity (Wildman–Crippen MR) is 119 cm³/mol. The lowest BCUT2D eigenvalue weighted by atomic mass is 10.2. The molecule has 2 aromatic rings. The molecule has 0 N–H and O–H groups in total. The molecule has 1 aromatic carbocycles. The topological polar surface area (TPSA) is 66.2 Å². The standard InChI is InChI=1S/C23H30ClN3O4/c1-4-30-23(29)26-13-11-25(12-14-26)22(28)21-10-9-19(31-21)16-27(17(2)3)15-18-7-5-6-8-20(18)24/h5-10,17H,4,11-16H2,1-3H3. The van der Waals surface area contributed by atoms with Gasteiger partial charge in [0, 0.05) is 43.8 Å². The molecule has 31 heavy (non-hydrogen) atoms. The first-order chi connectivity index (χ1) is 14.9. The molecule has 168 valence electrons. The minimum atomic E-state index is -0.331. The fourth-order valence-corrected chi connectivity index (χ4v) is 3.70. The number of benzene rings is 1. The van der Waals surface area contributed by atoms with Crippen LogP contribution >= 0.6 is 11.6 Å². The summed E-state index contributed by atoms with van der Waals surface area (Å²) in [4.78, 5) is 30.2. The Hall–Kier alpha value is -2.51. The summed E-state index contributed by atoms with van der Waals surface area (Å²) in [6.45, 7) is 9.45. The van der Waals surface area contributed by atoms with E-state index in [4.69, 9.17) is 20.8 Å². The van der Waals surface area contributed by atoms with E-state index in [1.165, 1.54) is 0 Å². The minimum absolute atomic E-state index is 0.156. The molecule has 1 fully saturated rings. The van der Waals surface area contributed by atoms with Crippen LogP contribution in [-0.2, 0) is 17.8 Å². The molecule has 8 heteroatoms. The highest BCUT2D eigenvalue weighted by Crippen LogP contribution is 2.21. The Balaban J connectivity index is 1.59. The molecule has 0 atom stereocenters. The fraction of sp³-hybridized carbons (Fsp3) is 0.478. The van der Waals surface area contributed by atoms with Gasteiger partial charge in [-0.15, -0.1) is 0 Å². The minimum Gasteiger partial charge on any atom is -0.455 e. The van der Waals surface area contributed by atoms with E-state index in [0.29, 0.717) is 51.6 Å². The van der Waals surface area contributed by atoms with Gasteiger partial charge < -0.3 is 19.0 Å². The van der Waals surface area contributed by atoms with E-state index >= 15 is 0 Å². The summed E-state index contributed by atoms with van der Waals surface area (Å²) in [5.74, 6) is 0.896. The Bertz CT molecular complexity index is 890. The number of carbonyl (C=O) groups excluding carboxylic acids is 2. The first kappa shape index (κ1) is 23.2. The predicted octanol–water partition coefficient (Wildman–Crippen LogP) is 4.26. The van der Waals surface area contributed by atoms with E-state index in [-0.39, 0.29) is 18.0 Å². The largest absolute Gasteiger partial charge is 0.455 e. The molecule has 2 amide bonds. The molecule has 0 aliphatic carbocycles. The fourth-order valence-electron chi connectivity index (χ4n) is 3.51. The van der Waals surface area contributed by atoms with Crippen LogP contribution in [0.2, 0.25) is 5.02 Å². The van der Waals surface area contributed by atoms with Gasteiger partial charge in [-0.05, 0) is 44.5 Å². The summed E-state index contributed by atoms with van der Waals surface area (Å²) in [6, 6.07) is 11.7. The number of furan rings is 1. The molecular weight excluding hydrogens is 418 g/mol. The van der Waals surface area contributed by atoms with E-state index in [0.717, 1.165) is 16.3 Å². The number of amides is 2. The number of carbonyl (C=O) groups is 2. The third kappa shape index (κ3) is 6.02. The second kappa shape index (κ2) is 10.7. The summed E-state index contributed by atoms with van der Waals surface area (Å²) in [5, 5.41) is 0.741. The number of hydrogen-bond donors (Lipinski definition) is 0. The molecule has 0 saturated carbocycles. The molecule has 1 aliphatic heterocycles. The van der Waals surface area contributed by atoms with Crippen LogP contribution in [-0.4, -0.2) is 65.5 Å². The molecule has 0 unspecified atom stereocenters. The second-order valence-corrected chi connectivity index (χ2v) is 8.24. The molecule has 0 spiro atoms. The van der Waals surface area contributed by atoms with Crippen molar-refractivity contribution >= 4 is 23.6 Å². The maximum absolute atomic E-state index is 12.8. The van der Waals surface area contributed by atoms with Crippen molar-refractivity contribution in [3.05, 3.63) is 58.5 Å². The molecule has 0 bridgehead atoms. The van der Waals surface area contributed by atoms with Gasteiger partial charge in [0.05, 0.1) is 13.2 Å². The summed E-state index contributed by atoms with van der Waals surface area (Å²) >= 11 is 6.32. The van der Waals surface area contributed by atoms with E-state index < -0.39 is 0 Å². The second-order valence-electron chi connectivity index (χ2n) is 7.83. The van der Waals surface area contributed by atoms with Gasteiger partial charge in [-0.25, -0.2) is 4.79 Å². The summed E-state index contributed by atoms with van der Waals surface area (Å²) in [6.07, 6.45) is -0.331. The molecule has 1 aromatic heterocycles. The molecule has 3 rings (SSSR count). The highest BCUT2D eigenvalue weighted by atomic mass is 35.5.